The van der Waals surface area contributed by atoms with E-state index < -0.39 is 0 Å². The van der Waals surface area contributed by atoms with Gasteiger partial charge in [0.05, 0.1) is 12.0 Å². The fourth-order valence-electron chi connectivity index (χ4n) is 4.12. The topological polar surface area (TPSA) is 24.3 Å². The van der Waals surface area contributed by atoms with Crippen LogP contribution in [0, 0.1) is 6.92 Å². The quantitative estimate of drug-likeness (QED) is 0.477. The maximum absolute atomic E-state index is 4.31. The van der Waals surface area contributed by atoms with Gasteiger partial charge in [0.25, 0.3) is 0 Å². The predicted molar refractivity (Wildman–Crippen MR) is 125 cm³/mol. The van der Waals surface area contributed by atoms with Gasteiger partial charge < -0.3 is 14.4 Å². The molecule has 150 valence electrons. The highest BCUT2D eigenvalue weighted by atomic mass is 15.3. The van der Waals surface area contributed by atoms with Gasteiger partial charge in [0, 0.05) is 49.4 Å². The van der Waals surface area contributed by atoms with Gasteiger partial charge in [-0.2, -0.15) is 0 Å². The summed E-state index contributed by atoms with van der Waals surface area (Å²) in [7, 11) is 0. The molecule has 0 aliphatic carbocycles. The molecule has 1 aliphatic rings. The zero-order valence-corrected chi connectivity index (χ0v) is 17.3. The number of anilines is 2. The third-order valence-electron chi connectivity index (χ3n) is 5.84. The zero-order valence-electron chi connectivity index (χ0n) is 17.3. The third kappa shape index (κ3) is 3.81. The number of hydrogen-bond acceptors (Lipinski definition) is 3. The highest BCUT2D eigenvalue weighted by Gasteiger charge is 2.17. The van der Waals surface area contributed by atoms with Crippen LogP contribution in [0.1, 0.15) is 5.69 Å². The Morgan fingerprint density at radius 1 is 0.600 bits per heavy atom. The van der Waals surface area contributed by atoms with Gasteiger partial charge >= 0.3 is 0 Å². The number of benzene rings is 3. The van der Waals surface area contributed by atoms with Crippen LogP contribution in [-0.4, -0.2) is 35.7 Å². The van der Waals surface area contributed by atoms with E-state index in [9.17, 15) is 0 Å². The van der Waals surface area contributed by atoms with Gasteiger partial charge in [-0.3, -0.25) is 0 Å². The molecule has 0 radical (unpaired) electrons. The summed E-state index contributed by atoms with van der Waals surface area (Å²) in [6, 6.07) is 28.3. The lowest BCUT2D eigenvalue weighted by Crippen LogP contribution is -2.46. The number of piperazine rings is 1. The van der Waals surface area contributed by atoms with E-state index in [-0.39, 0.29) is 0 Å². The number of aryl methyl sites for hydroxylation is 1. The van der Waals surface area contributed by atoms with Crippen LogP contribution in [0.3, 0.4) is 0 Å². The van der Waals surface area contributed by atoms with E-state index in [2.05, 4.69) is 104 Å². The minimum Gasteiger partial charge on any atom is -0.368 e. The summed E-state index contributed by atoms with van der Waals surface area (Å²) in [5, 5.41) is 0. The van der Waals surface area contributed by atoms with Gasteiger partial charge in [-0.1, -0.05) is 42.5 Å². The average Bonchev–Trinajstić information content (AvgIpc) is 3.26. The number of rotatable bonds is 4. The average molecular weight is 395 g/mol. The molecule has 1 aromatic heterocycles. The van der Waals surface area contributed by atoms with Crippen molar-refractivity contribution in [3.8, 4) is 16.8 Å². The number of hydrogen-bond donors (Lipinski definition) is 0. The molecule has 0 saturated carbocycles. The van der Waals surface area contributed by atoms with Gasteiger partial charge in [-0.15, -0.1) is 0 Å². The Bertz CT molecular complexity index is 1090. The standard InChI is InChI=1S/C26H26N4/c1-21-19-30(20-27-21)26-13-11-25(12-14-26)29-17-15-28(16-18-29)24-9-7-23(8-10-24)22-5-3-2-4-6-22/h2-14,19-20H,15-18H2,1H3. The molecule has 5 rings (SSSR count). The van der Waals surface area contributed by atoms with E-state index in [0.29, 0.717) is 0 Å². The molecule has 0 unspecified atom stereocenters. The molecule has 3 aromatic carbocycles. The predicted octanol–water partition coefficient (Wildman–Crippen LogP) is 5.17. The first-order valence-corrected chi connectivity index (χ1v) is 10.5. The maximum atomic E-state index is 4.31. The number of nitrogens with zero attached hydrogens (tertiary/aromatic N) is 4. The Morgan fingerprint density at radius 2 is 1.10 bits per heavy atom. The van der Waals surface area contributed by atoms with Gasteiger partial charge in [0.2, 0.25) is 0 Å². The molecular formula is C26H26N4. The van der Waals surface area contributed by atoms with Crippen molar-refractivity contribution in [1.82, 2.24) is 9.55 Å². The summed E-state index contributed by atoms with van der Waals surface area (Å²) < 4.78 is 2.07. The Hall–Kier alpha value is -3.53. The Kier molecular flexibility index (Phi) is 4.98. The van der Waals surface area contributed by atoms with Crippen LogP contribution in [-0.2, 0) is 0 Å². The second-order valence-electron chi connectivity index (χ2n) is 7.83. The van der Waals surface area contributed by atoms with Crippen molar-refractivity contribution in [2.45, 2.75) is 6.92 Å². The van der Waals surface area contributed by atoms with Crippen molar-refractivity contribution in [3.63, 3.8) is 0 Å². The molecule has 4 aromatic rings. The Morgan fingerprint density at radius 3 is 1.63 bits per heavy atom. The molecule has 1 saturated heterocycles. The molecule has 0 N–H and O–H groups in total. The van der Waals surface area contributed by atoms with Crippen molar-refractivity contribution in [1.29, 1.82) is 0 Å². The molecule has 0 amide bonds. The highest BCUT2D eigenvalue weighted by molar-refractivity contribution is 5.66. The van der Waals surface area contributed by atoms with Crippen LogP contribution in [0.4, 0.5) is 11.4 Å². The fourth-order valence-corrected chi connectivity index (χ4v) is 4.12. The first-order valence-electron chi connectivity index (χ1n) is 10.5. The van der Waals surface area contributed by atoms with Gasteiger partial charge in [0.15, 0.2) is 0 Å². The summed E-state index contributed by atoms with van der Waals surface area (Å²) in [5.74, 6) is 0. The zero-order chi connectivity index (χ0) is 20.3. The van der Waals surface area contributed by atoms with Crippen molar-refractivity contribution in [2.75, 3.05) is 36.0 Å². The minimum absolute atomic E-state index is 1.03. The van der Waals surface area contributed by atoms with E-state index in [0.717, 1.165) is 37.6 Å². The van der Waals surface area contributed by atoms with Crippen LogP contribution in [0.15, 0.2) is 91.4 Å². The summed E-state index contributed by atoms with van der Waals surface area (Å²) in [6.07, 6.45) is 3.92. The molecule has 2 heterocycles. The molecule has 4 heteroatoms. The van der Waals surface area contributed by atoms with E-state index >= 15 is 0 Å². The van der Waals surface area contributed by atoms with Crippen LogP contribution < -0.4 is 9.80 Å². The molecule has 1 fully saturated rings. The summed E-state index contributed by atoms with van der Waals surface area (Å²) >= 11 is 0. The molecule has 0 bridgehead atoms. The third-order valence-corrected chi connectivity index (χ3v) is 5.84. The lowest BCUT2D eigenvalue weighted by molar-refractivity contribution is 0.653. The smallest absolute Gasteiger partial charge is 0.0995 e. The molecule has 30 heavy (non-hydrogen) atoms. The van der Waals surface area contributed by atoms with Gasteiger partial charge in [-0.25, -0.2) is 4.98 Å². The normalized spacial score (nSPS) is 14.2. The molecule has 0 atom stereocenters. The first-order chi connectivity index (χ1) is 14.8. The van der Waals surface area contributed by atoms with Crippen LogP contribution in [0.2, 0.25) is 0 Å². The largest absolute Gasteiger partial charge is 0.368 e. The van der Waals surface area contributed by atoms with Crippen molar-refractivity contribution < 1.29 is 0 Å². The molecule has 4 nitrogen and oxygen atoms in total. The lowest BCUT2D eigenvalue weighted by Gasteiger charge is -2.37. The minimum atomic E-state index is 1.03. The van der Waals surface area contributed by atoms with Crippen molar-refractivity contribution in [2.24, 2.45) is 0 Å². The Labute approximate surface area is 178 Å². The number of imidazole rings is 1. The van der Waals surface area contributed by atoms with Crippen LogP contribution in [0.5, 0.6) is 0 Å². The van der Waals surface area contributed by atoms with Gasteiger partial charge in [0.1, 0.15) is 0 Å². The molecule has 1 aliphatic heterocycles. The number of aromatic nitrogens is 2. The van der Waals surface area contributed by atoms with Gasteiger partial charge in [-0.05, 0) is 54.4 Å². The van der Waals surface area contributed by atoms with Crippen LogP contribution in [0.25, 0.3) is 16.8 Å². The Balaban J connectivity index is 1.22. The maximum Gasteiger partial charge on any atom is 0.0995 e. The molecule has 0 spiro atoms. The second kappa shape index (κ2) is 8.07. The van der Waals surface area contributed by atoms with E-state index in [4.69, 9.17) is 0 Å². The SMILES string of the molecule is Cc1cn(-c2ccc(N3CCN(c4ccc(-c5ccccc5)cc4)CC3)cc2)cn1. The van der Waals surface area contributed by atoms with E-state index in [1.54, 1.807) is 0 Å². The molecular weight excluding hydrogens is 368 g/mol. The fraction of sp³-hybridized carbons (Fsp3) is 0.192. The summed E-state index contributed by atoms with van der Waals surface area (Å²) in [4.78, 5) is 9.26. The first kappa shape index (κ1) is 18.5. The van der Waals surface area contributed by atoms with Crippen molar-refractivity contribution in [3.05, 3.63) is 97.1 Å². The summed E-state index contributed by atoms with van der Waals surface area (Å²) in [5.41, 5.74) is 7.31. The highest BCUT2D eigenvalue weighted by Crippen LogP contribution is 2.25. The van der Waals surface area contributed by atoms with Crippen molar-refractivity contribution >= 4 is 11.4 Å². The van der Waals surface area contributed by atoms with Crippen LogP contribution >= 0.6 is 0 Å². The van der Waals surface area contributed by atoms with E-state index in [1.165, 1.54) is 22.5 Å². The lowest BCUT2D eigenvalue weighted by atomic mass is 10.1. The second-order valence-corrected chi connectivity index (χ2v) is 7.83. The monoisotopic (exact) mass is 394 g/mol. The van der Waals surface area contributed by atoms with E-state index in [1.807, 2.05) is 13.3 Å². The summed E-state index contributed by atoms with van der Waals surface area (Å²) in [6.45, 7) is 6.15.